The van der Waals surface area contributed by atoms with E-state index in [9.17, 15) is 10.1 Å². The van der Waals surface area contributed by atoms with Gasteiger partial charge in [-0.1, -0.05) is 0 Å². The third-order valence-electron chi connectivity index (χ3n) is 2.82. The van der Waals surface area contributed by atoms with Gasteiger partial charge in [-0.3, -0.25) is 10.1 Å². The number of rotatable bonds is 5. The summed E-state index contributed by atoms with van der Waals surface area (Å²) in [5.41, 5.74) is 0.700. The van der Waals surface area contributed by atoms with E-state index in [0.29, 0.717) is 10.9 Å². The number of aryl methyl sites for hydroxylation is 1. The van der Waals surface area contributed by atoms with E-state index in [1.165, 1.54) is 17.7 Å². The summed E-state index contributed by atoms with van der Waals surface area (Å²) >= 11 is 1.31. The molecule has 0 amide bonds. The van der Waals surface area contributed by atoms with Crippen LogP contribution in [0.1, 0.15) is 5.56 Å². The number of aromatic nitrogens is 4. The minimum absolute atomic E-state index is 0.0576. The highest BCUT2D eigenvalue weighted by molar-refractivity contribution is 7.13. The van der Waals surface area contributed by atoms with Crippen molar-refractivity contribution < 1.29 is 4.92 Å². The third kappa shape index (κ3) is 3.37. The average molecular weight is 329 g/mol. The Balaban J connectivity index is 1.98. The van der Waals surface area contributed by atoms with Crippen molar-refractivity contribution >= 4 is 39.6 Å². The Morgan fingerprint density at radius 3 is 2.57 bits per heavy atom. The standard InChI is InChI=1S/C13H11N7O2S/c1-8-2-3-14-9(6-8)18-11-10(20(21)22)12(17-7-16-11)19-13-15-4-5-23-13/h2-7H,1H3,(H2,14,15,16,17,18,19). The SMILES string of the molecule is Cc1ccnc(Nc2ncnc(Nc3nccs3)c2[N+](=O)[O-])c1. The van der Waals surface area contributed by atoms with Gasteiger partial charge in [-0.25, -0.2) is 19.9 Å². The molecule has 0 radical (unpaired) electrons. The van der Waals surface area contributed by atoms with E-state index >= 15 is 0 Å². The van der Waals surface area contributed by atoms with Crippen molar-refractivity contribution in [1.29, 1.82) is 0 Å². The van der Waals surface area contributed by atoms with Crippen LogP contribution in [0.3, 0.4) is 0 Å². The molecule has 0 aliphatic heterocycles. The molecule has 3 aromatic heterocycles. The topological polar surface area (TPSA) is 119 Å². The number of hydrogen-bond acceptors (Lipinski definition) is 9. The summed E-state index contributed by atoms with van der Waals surface area (Å²) in [5, 5.41) is 19.4. The Labute approximate surface area is 134 Å². The second-order valence-corrected chi connectivity index (χ2v) is 5.38. The largest absolute Gasteiger partial charge is 0.354 e. The van der Waals surface area contributed by atoms with Gasteiger partial charge >= 0.3 is 5.69 Å². The maximum atomic E-state index is 11.4. The second kappa shape index (κ2) is 6.32. The highest BCUT2D eigenvalue weighted by Gasteiger charge is 2.24. The average Bonchev–Trinajstić information content (AvgIpc) is 3.00. The second-order valence-electron chi connectivity index (χ2n) is 4.48. The summed E-state index contributed by atoms with van der Waals surface area (Å²) in [6, 6.07) is 3.59. The van der Waals surface area contributed by atoms with E-state index in [2.05, 4.69) is 30.6 Å². The van der Waals surface area contributed by atoms with Gasteiger partial charge in [0.05, 0.1) is 4.92 Å². The molecule has 3 aromatic rings. The van der Waals surface area contributed by atoms with Gasteiger partial charge < -0.3 is 10.6 Å². The number of pyridine rings is 1. The zero-order chi connectivity index (χ0) is 16.2. The van der Waals surface area contributed by atoms with Gasteiger partial charge in [-0.2, -0.15) is 0 Å². The summed E-state index contributed by atoms with van der Waals surface area (Å²) in [6.07, 6.45) is 4.44. The molecule has 9 nitrogen and oxygen atoms in total. The lowest BCUT2D eigenvalue weighted by Gasteiger charge is -2.08. The van der Waals surface area contributed by atoms with Crippen molar-refractivity contribution in [3.8, 4) is 0 Å². The zero-order valence-corrected chi connectivity index (χ0v) is 12.7. The molecule has 116 valence electrons. The summed E-state index contributed by atoms with van der Waals surface area (Å²) in [4.78, 5) is 26.9. The molecule has 0 atom stereocenters. The van der Waals surface area contributed by atoms with Gasteiger partial charge in [-0.15, -0.1) is 11.3 Å². The molecule has 0 fully saturated rings. The molecule has 0 aliphatic carbocycles. The lowest BCUT2D eigenvalue weighted by molar-refractivity contribution is -0.383. The fourth-order valence-electron chi connectivity index (χ4n) is 1.85. The fourth-order valence-corrected chi connectivity index (χ4v) is 2.37. The number of nitro groups is 1. The number of nitrogens with zero attached hydrogens (tertiary/aromatic N) is 5. The molecule has 3 heterocycles. The van der Waals surface area contributed by atoms with Gasteiger partial charge in [-0.05, 0) is 24.6 Å². The summed E-state index contributed by atoms with van der Waals surface area (Å²) in [7, 11) is 0. The third-order valence-corrected chi connectivity index (χ3v) is 3.51. The first-order chi connectivity index (χ1) is 11.1. The minimum Gasteiger partial charge on any atom is -0.319 e. The number of anilines is 4. The maximum Gasteiger partial charge on any atom is 0.354 e. The van der Waals surface area contributed by atoms with Crippen LogP contribution in [0, 0.1) is 17.0 Å². The highest BCUT2D eigenvalue weighted by atomic mass is 32.1. The Morgan fingerprint density at radius 1 is 1.13 bits per heavy atom. The lowest BCUT2D eigenvalue weighted by atomic mass is 10.3. The Morgan fingerprint density at radius 2 is 1.91 bits per heavy atom. The minimum atomic E-state index is -0.548. The van der Waals surface area contributed by atoms with Crippen LogP contribution >= 0.6 is 11.3 Å². The van der Waals surface area contributed by atoms with Crippen LogP contribution in [0.2, 0.25) is 0 Å². The van der Waals surface area contributed by atoms with Crippen molar-refractivity contribution in [2.24, 2.45) is 0 Å². The van der Waals surface area contributed by atoms with E-state index in [1.54, 1.807) is 23.8 Å². The van der Waals surface area contributed by atoms with Crippen LogP contribution in [-0.2, 0) is 0 Å². The summed E-state index contributed by atoms with van der Waals surface area (Å²) in [5.74, 6) is 0.587. The van der Waals surface area contributed by atoms with Crippen LogP contribution in [0.4, 0.5) is 28.3 Å². The zero-order valence-electron chi connectivity index (χ0n) is 11.9. The molecule has 0 bridgehead atoms. The van der Waals surface area contributed by atoms with Gasteiger partial charge in [0, 0.05) is 17.8 Å². The predicted octanol–water partition coefficient (Wildman–Crippen LogP) is 3.03. The smallest absolute Gasteiger partial charge is 0.319 e. The molecule has 3 rings (SSSR count). The molecule has 0 saturated carbocycles. The van der Waals surface area contributed by atoms with Crippen LogP contribution in [-0.4, -0.2) is 24.9 Å². The van der Waals surface area contributed by atoms with E-state index in [-0.39, 0.29) is 17.3 Å². The monoisotopic (exact) mass is 329 g/mol. The first kappa shape index (κ1) is 14.8. The Hall–Kier alpha value is -3.14. The molecular formula is C13H11N7O2S. The lowest BCUT2D eigenvalue weighted by Crippen LogP contribution is -2.06. The van der Waals surface area contributed by atoms with Crippen molar-refractivity contribution in [3.63, 3.8) is 0 Å². The van der Waals surface area contributed by atoms with Crippen LogP contribution < -0.4 is 10.6 Å². The molecule has 0 saturated heterocycles. The van der Waals surface area contributed by atoms with E-state index in [1.807, 2.05) is 13.0 Å². The number of hydrogen-bond donors (Lipinski definition) is 2. The van der Waals surface area contributed by atoms with Gasteiger partial charge in [0.1, 0.15) is 12.1 Å². The fraction of sp³-hybridized carbons (Fsp3) is 0.0769. The molecule has 0 unspecified atom stereocenters. The van der Waals surface area contributed by atoms with E-state index in [4.69, 9.17) is 0 Å². The molecule has 10 heteroatoms. The molecule has 0 aliphatic rings. The summed E-state index contributed by atoms with van der Waals surface area (Å²) < 4.78 is 0. The Bertz CT molecular complexity index is 838. The van der Waals surface area contributed by atoms with Crippen molar-refractivity contribution in [1.82, 2.24) is 19.9 Å². The van der Waals surface area contributed by atoms with Crippen LogP contribution in [0.5, 0.6) is 0 Å². The van der Waals surface area contributed by atoms with Crippen molar-refractivity contribution in [2.45, 2.75) is 6.92 Å². The molecule has 0 aromatic carbocycles. The number of nitrogens with one attached hydrogen (secondary N) is 2. The van der Waals surface area contributed by atoms with Crippen LogP contribution in [0.15, 0.2) is 36.2 Å². The molecule has 0 spiro atoms. The van der Waals surface area contributed by atoms with E-state index < -0.39 is 4.92 Å². The van der Waals surface area contributed by atoms with Crippen LogP contribution in [0.25, 0.3) is 0 Å². The van der Waals surface area contributed by atoms with Gasteiger partial charge in [0.25, 0.3) is 0 Å². The Kier molecular flexibility index (Phi) is 4.06. The predicted molar refractivity (Wildman–Crippen MR) is 86.3 cm³/mol. The first-order valence-corrected chi connectivity index (χ1v) is 7.37. The quantitative estimate of drug-likeness (QED) is 0.541. The first-order valence-electron chi connectivity index (χ1n) is 6.49. The number of thiazole rings is 1. The molecular weight excluding hydrogens is 318 g/mol. The van der Waals surface area contributed by atoms with Crippen molar-refractivity contribution in [3.05, 3.63) is 51.9 Å². The van der Waals surface area contributed by atoms with Crippen molar-refractivity contribution in [2.75, 3.05) is 10.6 Å². The normalized spacial score (nSPS) is 10.3. The summed E-state index contributed by atoms with van der Waals surface area (Å²) in [6.45, 7) is 1.90. The molecule has 23 heavy (non-hydrogen) atoms. The van der Waals surface area contributed by atoms with E-state index in [0.717, 1.165) is 5.56 Å². The molecule has 2 N–H and O–H groups in total. The highest BCUT2D eigenvalue weighted by Crippen LogP contribution is 2.32. The van der Waals surface area contributed by atoms with Gasteiger partial charge in [0.15, 0.2) is 5.13 Å². The van der Waals surface area contributed by atoms with Gasteiger partial charge in [0.2, 0.25) is 11.6 Å². The maximum absolute atomic E-state index is 11.4.